The van der Waals surface area contributed by atoms with Crippen molar-refractivity contribution < 1.29 is 8.42 Å². The van der Waals surface area contributed by atoms with Crippen molar-refractivity contribution >= 4 is 10.2 Å². The first-order chi connectivity index (χ1) is 9.53. The number of nitrogens with zero attached hydrogens (tertiary/aromatic N) is 2. The summed E-state index contributed by atoms with van der Waals surface area (Å²) in [6, 6.07) is 0.0960. The molecule has 0 aliphatic carbocycles. The van der Waals surface area contributed by atoms with Crippen LogP contribution in [0.3, 0.4) is 0 Å². The Morgan fingerprint density at radius 3 is 2.55 bits per heavy atom. The zero-order chi connectivity index (χ0) is 14.6. The van der Waals surface area contributed by atoms with Gasteiger partial charge >= 0.3 is 0 Å². The van der Waals surface area contributed by atoms with Crippen molar-refractivity contribution in [2.75, 3.05) is 46.3 Å². The van der Waals surface area contributed by atoms with E-state index in [1.807, 2.05) is 0 Å². The summed E-state index contributed by atoms with van der Waals surface area (Å²) in [5.41, 5.74) is 0. The predicted octanol–water partition coefficient (Wildman–Crippen LogP) is -0.154. The minimum absolute atomic E-state index is 0.0960. The van der Waals surface area contributed by atoms with Crippen molar-refractivity contribution in [3.63, 3.8) is 0 Å². The average Bonchev–Trinajstić information content (AvgIpc) is 2.44. The lowest BCUT2D eigenvalue weighted by atomic mass is 9.85. The van der Waals surface area contributed by atoms with Crippen molar-refractivity contribution in [3.05, 3.63) is 0 Å². The first-order valence-corrected chi connectivity index (χ1v) is 9.13. The second-order valence-electron chi connectivity index (χ2n) is 5.90. The Labute approximate surface area is 123 Å². The van der Waals surface area contributed by atoms with Crippen molar-refractivity contribution in [1.29, 1.82) is 0 Å². The van der Waals surface area contributed by atoms with Gasteiger partial charge in [-0.15, -0.1) is 0 Å². The topological polar surface area (TPSA) is 64.7 Å². The SMILES string of the molecule is CCNCCCN(C)S(=O)(=O)NC1CN2CCC1CC2. The van der Waals surface area contributed by atoms with Gasteiger partial charge in [0.15, 0.2) is 0 Å². The van der Waals surface area contributed by atoms with E-state index in [4.69, 9.17) is 0 Å². The van der Waals surface area contributed by atoms with Crippen LogP contribution in [0.5, 0.6) is 0 Å². The lowest BCUT2D eigenvalue weighted by Crippen LogP contribution is -2.58. The third-order valence-electron chi connectivity index (χ3n) is 4.44. The Hall–Kier alpha value is -0.210. The molecular formula is C13H28N4O2S. The maximum Gasteiger partial charge on any atom is 0.279 e. The maximum atomic E-state index is 12.3. The number of piperidine rings is 3. The molecule has 1 unspecified atom stereocenters. The van der Waals surface area contributed by atoms with Crippen LogP contribution < -0.4 is 10.0 Å². The summed E-state index contributed by atoms with van der Waals surface area (Å²) < 4.78 is 29.0. The van der Waals surface area contributed by atoms with Crippen LogP contribution in [0.2, 0.25) is 0 Å². The van der Waals surface area contributed by atoms with E-state index in [2.05, 4.69) is 21.9 Å². The monoisotopic (exact) mass is 304 g/mol. The first kappa shape index (κ1) is 16.2. The van der Waals surface area contributed by atoms with E-state index in [1.165, 1.54) is 4.31 Å². The van der Waals surface area contributed by atoms with Gasteiger partial charge in [-0.05, 0) is 51.4 Å². The molecule has 0 aromatic heterocycles. The molecule has 2 N–H and O–H groups in total. The normalized spacial score (nSPS) is 30.1. The Morgan fingerprint density at radius 1 is 1.30 bits per heavy atom. The molecule has 0 saturated carbocycles. The molecule has 0 spiro atoms. The minimum atomic E-state index is -3.34. The summed E-state index contributed by atoms with van der Waals surface area (Å²) in [6.07, 6.45) is 3.08. The van der Waals surface area contributed by atoms with Gasteiger partial charge in [-0.2, -0.15) is 17.4 Å². The molecule has 0 aromatic rings. The van der Waals surface area contributed by atoms with Gasteiger partial charge in [-0.25, -0.2) is 0 Å². The van der Waals surface area contributed by atoms with Gasteiger partial charge in [-0.1, -0.05) is 6.92 Å². The highest BCUT2D eigenvalue weighted by molar-refractivity contribution is 7.87. The molecule has 6 nitrogen and oxygen atoms in total. The Morgan fingerprint density at radius 2 is 2.00 bits per heavy atom. The van der Waals surface area contributed by atoms with Crippen LogP contribution in [-0.2, 0) is 10.2 Å². The molecule has 3 saturated heterocycles. The average molecular weight is 304 g/mol. The van der Waals surface area contributed by atoms with Crippen LogP contribution in [0.15, 0.2) is 0 Å². The fourth-order valence-electron chi connectivity index (χ4n) is 3.10. The number of fused-ring (bicyclic) bond motifs is 3. The van der Waals surface area contributed by atoms with Gasteiger partial charge in [0.05, 0.1) is 0 Å². The van der Waals surface area contributed by atoms with Crippen LogP contribution >= 0.6 is 0 Å². The third-order valence-corrected chi connectivity index (χ3v) is 6.05. The van der Waals surface area contributed by atoms with Crippen molar-refractivity contribution in [2.24, 2.45) is 5.92 Å². The molecule has 0 amide bonds. The second-order valence-corrected chi connectivity index (χ2v) is 7.71. The van der Waals surface area contributed by atoms with Gasteiger partial charge in [0.1, 0.15) is 0 Å². The van der Waals surface area contributed by atoms with E-state index in [9.17, 15) is 8.42 Å². The molecule has 20 heavy (non-hydrogen) atoms. The van der Waals surface area contributed by atoms with Crippen LogP contribution in [0.1, 0.15) is 26.2 Å². The van der Waals surface area contributed by atoms with Gasteiger partial charge in [0, 0.05) is 26.2 Å². The quantitative estimate of drug-likeness (QED) is 0.612. The van der Waals surface area contributed by atoms with E-state index < -0.39 is 10.2 Å². The smallest absolute Gasteiger partial charge is 0.279 e. The van der Waals surface area contributed by atoms with Gasteiger partial charge < -0.3 is 10.2 Å². The highest BCUT2D eigenvalue weighted by Crippen LogP contribution is 2.27. The van der Waals surface area contributed by atoms with Crippen molar-refractivity contribution in [2.45, 2.75) is 32.2 Å². The highest BCUT2D eigenvalue weighted by atomic mass is 32.2. The zero-order valence-corrected chi connectivity index (χ0v) is 13.5. The lowest BCUT2D eigenvalue weighted by molar-refractivity contribution is 0.0820. The van der Waals surface area contributed by atoms with Crippen LogP contribution in [-0.4, -0.2) is 70.0 Å². The molecular weight excluding hydrogens is 276 g/mol. The van der Waals surface area contributed by atoms with E-state index in [1.54, 1.807) is 7.05 Å². The fraction of sp³-hybridized carbons (Fsp3) is 1.00. The lowest BCUT2D eigenvalue weighted by Gasteiger charge is -2.45. The molecule has 7 heteroatoms. The standard InChI is InChI=1S/C13H28N4O2S/c1-3-14-7-4-8-16(2)20(18,19)15-13-11-17-9-5-12(13)6-10-17/h12-15H,3-11H2,1-2H3. The summed E-state index contributed by atoms with van der Waals surface area (Å²) in [5, 5.41) is 3.21. The third kappa shape index (κ3) is 4.14. The second kappa shape index (κ2) is 7.17. The molecule has 1 atom stereocenters. The molecule has 2 bridgehead atoms. The molecule has 0 radical (unpaired) electrons. The molecule has 3 aliphatic heterocycles. The summed E-state index contributed by atoms with van der Waals surface area (Å²) >= 11 is 0. The van der Waals surface area contributed by atoms with Crippen LogP contribution in [0.4, 0.5) is 0 Å². The highest BCUT2D eigenvalue weighted by Gasteiger charge is 2.36. The van der Waals surface area contributed by atoms with Gasteiger partial charge in [-0.3, -0.25) is 0 Å². The molecule has 3 fully saturated rings. The summed E-state index contributed by atoms with van der Waals surface area (Å²) in [5.74, 6) is 0.518. The Kier molecular flexibility index (Phi) is 5.80. The number of rotatable bonds is 8. The molecule has 118 valence electrons. The van der Waals surface area contributed by atoms with Crippen LogP contribution in [0, 0.1) is 5.92 Å². The summed E-state index contributed by atoms with van der Waals surface area (Å²) in [4.78, 5) is 2.36. The van der Waals surface area contributed by atoms with Gasteiger partial charge in [0.25, 0.3) is 10.2 Å². The molecule has 3 rings (SSSR count). The first-order valence-electron chi connectivity index (χ1n) is 7.69. The fourth-order valence-corrected chi connectivity index (χ4v) is 4.30. The zero-order valence-electron chi connectivity index (χ0n) is 12.6. The maximum absolute atomic E-state index is 12.3. The summed E-state index contributed by atoms with van der Waals surface area (Å²) in [6.45, 7) is 7.52. The van der Waals surface area contributed by atoms with Gasteiger partial charge in [0.2, 0.25) is 0 Å². The number of hydrogen-bond donors (Lipinski definition) is 2. The van der Waals surface area contributed by atoms with Crippen molar-refractivity contribution in [1.82, 2.24) is 19.2 Å². The van der Waals surface area contributed by atoms with E-state index >= 15 is 0 Å². The van der Waals surface area contributed by atoms with E-state index in [0.717, 1.165) is 52.0 Å². The van der Waals surface area contributed by atoms with Crippen LogP contribution in [0.25, 0.3) is 0 Å². The van der Waals surface area contributed by atoms with Crippen molar-refractivity contribution in [3.8, 4) is 0 Å². The Bertz CT molecular complexity index is 393. The molecule has 0 aromatic carbocycles. The predicted molar refractivity (Wildman–Crippen MR) is 80.8 cm³/mol. The molecule has 3 heterocycles. The number of nitrogens with one attached hydrogen (secondary N) is 2. The number of hydrogen-bond acceptors (Lipinski definition) is 4. The Balaban J connectivity index is 1.80. The van der Waals surface area contributed by atoms with E-state index in [0.29, 0.717) is 12.5 Å². The molecule has 3 aliphatic rings. The minimum Gasteiger partial charge on any atom is -0.317 e. The largest absolute Gasteiger partial charge is 0.317 e. The van der Waals surface area contributed by atoms with E-state index in [-0.39, 0.29) is 6.04 Å². The summed E-state index contributed by atoms with van der Waals surface area (Å²) in [7, 11) is -1.68.